The molecule has 1 aromatic rings. The van der Waals surface area contributed by atoms with E-state index >= 15 is 0 Å². The van der Waals surface area contributed by atoms with Gasteiger partial charge in [0.1, 0.15) is 17.4 Å². The molecule has 0 radical (unpaired) electrons. The summed E-state index contributed by atoms with van der Waals surface area (Å²) < 4.78 is 0. The third-order valence-corrected chi connectivity index (χ3v) is 1.86. The van der Waals surface area contributed by atoms with Crippen molar-refractivity contribution in [1.29, 1.82) is 0 Å². The minimum absolute atomic E-state index is 0.0150. The van der Waals surface area contributed by atoms with Crippen molar-refractivity contribution in [2.45, 2.75) is 6.92 Å². The standard InChI is InChI=1S/C11H15N3O2/c1-8(13-5-6-15)14-11(12)9-3-2-4-10(16)7-9/h2-4,7,15-16H,5-6H2,1H3,(H2,12,13,14). The Bertz CT molecular complexity index is 413. The predicted molar refractivity (Wildman–Crippen MR) is 63.9 cm³/mol. The number of nitrogens with two attached hydrogens (primary N) is 1. The van der Waals surface area contributed by atoms with Crippen molar-refractivity contribution in [3.05, 3.63) is 29.8 Å². The molecule has 0 amide bonds. The average molecular weight is 221 g/mol. The number of hydrogen-bond acceptors (Lipinski definition) is 3. The second kappa shape index (κ2) is 5.87. The van der Waals surface area contributed by atoms with Gasteiger partial charge < -0.3 is 15.9 Å². The van der Waals surface area contributed by atoms with Gasteiger partial charge in [-0.25, -0.2) is 4.99 Å². The third kappa shape index (κ3) is 3.70. The van der Waals surface area contributed by atoms with E-state index in [9.17, 15) is 5.11 Å². The van der Waals surface area contributed by atoms with Crippen LogP contribution in [-0.4, -0.2) is 35.0 Å². The smallest absolute Gasteiger partial charge is 0.132 e. The lowest BCUT2D eigenvalue weighted by Crippen LogP contribution is -2.15. The van der Waals surface area contributed by atoms with Crippen molar-refractivity contribution in [2.24, 2.45) is 15.7 Å². The highest BCUT2D eigenvalue weighted by molar-refractivity contribution is 6.04. The van der Waals surface area contributed by atoms with Gasteiger partial charge in [0.2, 0.25) is 0 Å². The number of aliphatic hydroxyl groups is 1. The summed E-state index contributed by atoms with van der Waals surface area (Å²) in [6.45, 7) is 1.99. The van der Waals surface area contributed by atoms with Gasteiger partial charge in [-0.05, 0) is 19.1 Å². The van der Waals surface area contributed by atoms with E-state index in [0.717, 1.165) is 0 Å². The van der Waals surface area contributed by atoms with Gasteiger partial charge >= 0.3 is 0 Å². The van der Waals surface area contributed by atoms with Crippen molar-refractivity contribution in [1.82, 2.24) is 0 Å². The number of aliphatic hydroxyl groups excluding tert-OH is 1. The topological polar surface area (TPSA) is 91.2 Å². The quantitative estimate of drug-likeness (QED) is 0.513. The number of rotatable bonds is 3. The van der Waals surface area contributed by atoms with Crippen LogP contribution in [0.25, 0.3) is 0 Å². The Balaban J connectivity index is 2.85. The monoisotopic (exact) mass is 221 g/mol. The van der Waals surface area contributed by atoms with Crippen LogP contribution in [-0.2, 0) is 0 Å². The van der Waals surface area contributed by atoms with Gasteiger partial charge in [0.05, 0.1) is 13.2 Å². The molecule has 4 N–H and O–H groups in total. The van der Waals surface area contributed by atoms with Crippen LogP contribution in [0.4, 0.5) is 0 Å². The predicted octanol–water partition coefficient (Wildman–Crippen LogP) is 0.508. The fraction of sp³-hybridized carbons (Fsp3) is 0.273. The first-order valence-electron chi connectivity index (χ1n) is 4.89. The minimum atomic E-state index is -0.0150. The Morgan fingerprint density at radius 1 is 1.44 bits per heavy atom. The lowest BCUT2D eigenvalue weighted by molar-refractivity contribution is 0.307. The van der Waals surface area contributed by atoms with Gasteiger partial charge in [0, 0.05) is 5.56 Å². The number of aromatic hydroxyl groups is 1. The molecule has 0 atom stereocenters. The fourth-order valence-corrected chi connectivity index (χ4v) is 1.15. The molecular formula is C11H15N3O2. The summed E-state index contributed by atoms with van der Waals surface area (Å²) in [5.41, 5.74) is 6.37. The lowest BCUT2D eigenvalue weighted by atomic mass is 10.2. The van der Waals surface area contributed by atoms with E-state index in [-0.39, 0.29) is 18.2 Å². The van der Waals surface area contributed by atoms with E-state index in [1.807, 2.05) is 0 Å². The minimum Gasteiger partial charge on any atom is -0.508 e. The Labute approximate surface area is 94.0 Å². The highest BCUT2D eigenvalue weighted by atomic mass is 16.3. The van der Waals surface area contributed by atoms with Crippen LogP contribution in [0.3, 0.4) is 0 Å². The number of benzene rings is 1. The Morgan fingerprint density at radius 3 is 2.81 bits per heavy atom. The molecule has 5 nitrogen and oxygen atoms in total. The van der Waals surface area contributed by atoms with E-state index in [2.05, 4.69) is 9.98 Å². The molecular weight excluding hydrogens is 206 g/mol. The summed E-state index contributed by atoms with van der Waals surface area (Å²) in [5.74, 6) is 0.922. The van der Waals surface area contributed by atoms with Crippen LogP contribution in [0.15, 0.2) is 34.3 Å². The van der Waals surface area contributed by atoms with Crippen LogP contribution in [0.5, 0.6) is 5.75 Å². The molecule has 86 valence electrons. The normalized spacial score (nSPS) is 12.9. The molecule has 16 heavy (non-hydrogen) atoms. The van der Waals surface area contributed by atoms with Gasteiger partial charge in [-0.2, -0.15) is 0 Å². The molecule has 0 saturated heterocycles. The maximum absolute atomic E-state index is 9.26. The average Bonchev–Trinajstić information content (AvgIpc) is 2.26. The second-order valence-corrected chi connectivity index (χ2v) is 3.20. The summed E-state index contributed by atoms with van der Waals surface area (Å²) in [5, 5.41) is 17.8. The number of aliphatic imine (C=N–C) groups is 2. The molecule has 1 rings (SSSR count). The SMILES string of the molecule is CC(=NCCO)N=C(N)c1cccc(O)c1. The molecule has 5 heteroatoms. The summed E-state index contributed by atoms with van der Waals surface area (Å²) >= 11 is 0. The van der Waals surface area contributed by atoms with Gasteiger partial charge in [-0.1, -0.05) is 12.1 Å². The molecule has 0 fully saturated rings. The molecule has 0 bridgehead atoms. The molecule has 0 heterocycles. The number of phenolic OH excluding ortho intramolecular Hbond substituents is 1. The summed E-state index contributed by atoms with van der Waals surface area (Å²) in [4.78, 5) is 8.02. The molecule has 0 saturated carbocycles. The molecule has 0 aliphatic heterocycles. The third-order valence-electron chi connectivity index (χ3n) is 1.86. The van der Waals surface area contributed by atoms with Gasteiger partial charge in [-0.15, -0.1) is 0 Å². The Kier molecular flexibility index (Phi) is 4.47. The van der Waals surface area contributed by atoms with Crippen LogP contribution in [0, 0.1) is 0 Å². The molecule has 0 aliphatic carbocycles. The van der Waals surface area contributed by atoms with Gasteiger partial charge in [0.25, 0.3) is 0 Å². The molecule has 0 unspecified atom stereocenters. The lowest BCUT2D eigenvalue weighted by Gasteiger charge is -2.01. The van der Waals surface area contributed by atoms with E-state index in [4.69, 9.17) is 10.8 Å². The first-order chi connectivity index (χ1) is 7.63. The second-order valence-electron chi connectivity index (χ2n) is 3.20. The van der Waals surface area contributed by atoms with E-state index in [1.54, 1.807) is 25.1 Å². The largest absolute Gasteiger partial charge is 0.508 e. The Morgan fingerprint density at radius 2 is 2.19 bits per heavy atom. The summed E-state index contributed by atoms with van der Waals surface area (Å²) in [7, 11) is 0. The van der Waals surface area contributed by atoms with Crippen molar-refractivity contribution >= 4 is 11.7 Å². The zero-order valence-electron chi connectivity index (χ0n) is 9.09. The first-order valence-corrected chi connectivity index (χ1v) is 4.89. The number of nitrogens with zero attached hydrogens (tertiary/aromatic N) is 2. The zero-order chi connectivity index (χ0) is 12.0. The van der Waals surface area contributed by atoms with Crippen LogP contribution in [0.1, 0.15) is 12.5 Å². The maximum atomic E-state index is 9.26. The summed E-state index contributed by atoms with van der Waals surface area (Å²) in [6.07, 6.45) is 0. The first kappa shape index (κ1) is 12.2. The van der Waals surface area contributed by atoms with Crippen molar-refractivity contribution < 1.29 is 10.2 Å². The van der Waals surface area contributed by atoms with Crippen LogP contribution in [0.2, 0.25) is 0 Å². The van der Waals surface area contributed by atoms with E-state index in [1.165, 1.54) is 6.07 Å². The van der Waals surface area contributed by atoms with E-state index in [0.29, 0.717) is 17.9 Å². The molecule has 1 aromatic carbocycles. The number of amidine groups is 2. The molecule has 0 spiro atoms. The van der Waals surface area contributed by atoms with Crippen molar-refractivity contribution in [3.8, 4) is 5.75 Å². The fourth-order valence-electron chi connectivity index (χ4n) is 1.15. The molecule has 0 aromatic heterocycles. The molecule has 0 aliphatic rings. The summed E-state index contributed by atoms with van der Waals surface area (Å²) in [6, 6.07) is 6.52. The number of phenols is 1. The van der Waals surface area contributed by atoms with Gasteiger partial charge in [0.15, 0.2) is 0 Å². The maximum Gasteiger partial charge on any atom is 0.132 e. The highest BCUT2D eigenvalue weighted by Crippen LogP contribution is 2.10. The van der Waals surface area contributed by atoms with Crippen molar-refractivity contribution in [3.63, 3.8) is 0 Å². The van der Waals surface area contributed by atoms with Crippen molar-refractivity contribution in [2.75, 3.05) is 13.2 Å². The number of hydrogen-bond donors (Lipinski definition) is 3. The van der Waals surface area contributed by atoms with Crippen LogP contribution >= 0.6 is 0 Å². The zero-order valence-corrected chi connectivity index (χ0v) is 9.09. The van der Waals surface area contributed by atoms with E-state index < -0.39 is 0 Å². The van der Waals surface area contributed by atoms with Gasteiger partial charge in [-0.3, -0.25) is 4.99 Å². The van der Waals surface area contributed by atoms with Crippen LogP contribution < -0.4 is 5.73 Å². The Hall–Kier alpha value is -1.88. The highest BCUT2D eigenvalue weighted by Gasteiger charge is 1.99.